The Balaban J connectivity index is 2.04. The van der Waals surface area contributed by atoms with Crippen molar-refractivity contribution in [2.75, 3.05) is 7.11 Å². The minimum atomic E-state index is -0.746. The summed E-state index contributed by atoms with van der Waals surface area (Å²) in [6, 6.07) is 9.77. The highest BCUT2D eigenvalue weighted by atomic mass is 16.5. The Morgan fingerprint density at radius 1 is 1.00 bits per heavy atom. The molecule has 0 bridgehead atoms. The highest BCUT2D eigenvalue weighted by Gasteiger charge is 2.39. The van der Waals surface area contributed by atoms with Crippen LogP contribution in [0.4, 0.5) is 0 Å². The third-order valence-corrected chi connectivity index (χ3v) is 4.07. The standard InChI is InChI=1S/C19H11NO5/c1-24-19(23)14-13-15(21)11-6-2-3-7-12(11)16(22)18(13)25-17(14)10-5-4-8-20-9-10/h2-9H,1H3. The monoisotopic (exact) mass is 333 g/mol. The minimum absolute atomic E-state index is 0.0571. The lowest BCUT2D eigenvalue weighted by Gasteiger charge is -2.13. The molecule has 2 heterocycles. The fourth-order valence-electron chi connectivity index (χ4n) is 2.94. The average Bonchev–Trinajstić information content (AvgIpc) is 3.07. The number of pyridine rings is 1. The van der Waals surface area contributed by atoms with Crippen LogP contribution in [0.15, 0.2) is 53.2 Å². The zero-order valence-corrected chi connectivity index (χ0v) is 13.1. The molecular weight excluding hydrogens is 322 g/mol. The largest absolute Gasteiger partial charge is 0.465 e. The van der Waals surface area contributed by atoms with E-state index in [4.69, 9.17) is 9.15 Å². The predicted octanol–water partition coefficient (Wildman–Crippen LogP) is 2.90. The van der Waals surface area contributed by atoms with Crippen LogP contribution in [0, 0.1) is 0 Å². The van der Waals surface area contributed by atoms with Gasteiger partial charge in [-0.2, -0.15) is 0 Å². The van der Waals surface area contributed by atoms with Gasteiger partial charge in [-0.1, -0.05) is 24.3 Å². The van der Waals surface area contributed by atoms with Crippen molar-refractivity contribution >= 4 is 17.5 Å². The van der Waals surface area contributed by atoms with Gasteiger partial charge in [0.15, 0.2) is 17.3 Å². The number of aromatic nitrogens is 1. The Morgan fingerprint density at radius 3 is 2.36 bits per heavy atom. The van der Waals surface area contributed by atoms with Crippen molar-refractivity contribution in [3.63, 3.8) is 0 Å². The lowest BCUT2D eigenvalue weighted by molar-refractivity contribution is 0.0598. The van der Waals surface area contributed by atoms with Crippen molar-refractivity contribution in [2.24, 2.45) is 0 Å². The number of methoxy groups -OCH3 is 1. The second-order valence-electron chi connectivity index (χ2n) is 5.45. The Hall–Kier alpha value is -3.54. The summed E-state index contributed by atoms with van der Waals surface area (Å²) in [5.74, 6) is -1.68. The molecule has 25 heavy (non-hydrogen) atoms. The molecule has 6 heteroatoms. The summed E-state index contributed by atoms with van der Waals surface area (Å²) < 4.78 is 10.5. The molecule has 4 rings (SSSR count). The third kappa shape index (κ3) is 2.11. The highest BCUT2D eigenvalue weighted by molar-refractivity contribution is 6.30. The number of esters is 1. The molecule has 0 N–H and O–H groups in total. The lowest BCUT2D eigenvalue weighted by atomic mass is 9.86. The number of hydrogen-bond donors (Lipinski definition) is 0. The van der Waals surface area contributed by atoms with Gasteiger partial charge in [0.05, 0.1) is 12.7 Å². The van der Waals surface area contributed by atoms with Crippen LogP contribution in [-0.2, 0) is 4.74 Å². The summed E-state index contributed by atoms with van der Waals surface area (Å²) in [6.45, 7) is 0. The Kier molecular flexibility index (Phi) is 3.32. The number of furan rings is 1. The number of nitrogens with zero attached hydrogens (tertiary/aromatic N) is 1. The first-order valence-corrected chi connectivity index (χ1v) is 7.47. The average molecular weight is 333 g/mol. The van der Waals surface area contributed by atoms with Crippen LogP contribution in [0.25, 0.3) is 11.3 Å². The minimum Gasteiger partial charge on any atom is -0.465 e. The molecular formula is C19H11NO5. The van der Waals surface area contributed by atoms with Gasteiger partial charge in [-0.05, 0) is 12.1 Å². The van der Waals surface area contributed by atoms with Crippen LogP contribution in [0.5, 0.6) is 0 Å². The van der Waals surface area contributed by atoms with Gasteiger partial charge in [0.2, 0.25) is 5.78 Å². The molecule has 122 valence electrons. The summed E-state index contributed by atoms with van der Waals surface area (Å²) >= 11 is 0. The molecule has 1 aromatic carbocycles. The Morgan fingerprint density at radius 2 is 1.72 bits per heavy atom. The van der Waals surface area contributed by atoms with E-state index in [1.54, 1.807) is 42.6 Å². The van der Waals surface area contributed by atoms with E-state index < -0.39 is 17.5 Å². The van der Waals surface area contributed by atoms with Crippen molar-refractivity contribution in [3.05, 3.63) is 76.8 Å². The van der Waals surface area contributed by atoms with Crippen LogP contribution in [0.2, 0.25) is 0 Å². The normalized spacial score (nSPS) is 12.5. The van der Waals surface area contributed by atoms with Crippen molar-refractivity contribution in [2.45, 2.75) is 0 Å². The van der Waals surface area contributed by atoms with E-state index in [2.05, 4.69) is 4.98 Å². The summed E-state index contributed by atoms with van der Waals surface area (Å²) in [7, 11) is 1.21. The summed E-state index contributed by atoms with van der Waals surface area (Å²) in [4.78, 5) is 42.0. The second-order valence-corrected chi connectivity index (χ2v) is 5.45. The van der Waals surface area contributed by atoms with Gasteiger partial charge in [-0.3, -0.25) is 14.6 Å². The molecule has 0 atom stereocenters. The molecule has 0 saturated carbocycles. The van der Waals surface area contributed by atoms with Crippen LogP contribution in [0.3, 0.4) is 0 Å². The first-order valence-electron chi connectivity index (χ1n) is 7.47. The van der Waals surface area contributed by atoms with Crippen LogP contribution in [-0.4, -0.2) is 29.6 Å². The summed E-state index contributed by atoms with van der Waals surface area (Å²) in [5, 5.41) is 0. The fourth-order valence-corrected chi connectivity index (χ4v) is 2.94. The molecule has 0 fully saturated rings. The van der Waals surface area contributed by atoms with E-state index >= 15 is 0 Å². The predicted molar refractivity (Wildman–Crippen MR) is 86.6 cm³/mol. The van der Waals surface area contributed by atoms with Gasteiger partial charge in [0.1, 0.15) is 5.56 Å². The maximum atomic E-state index is 12.9. The maximum Gasteiger partial charge on any atom is 0.342 e. The number of rotatable bonds is 2. The molecule has 0 unspecified atom stereocenters. The van der Waals surface area contributed by atoms with Crippen LogP contribution < -0.4 is 0 Å². The van der Waals surface area contributed by atoms with Crippen molar-refractivity contribution in [3.8, 4) is 11.3 Å². The lowest BCUT2D eigenvalue weighted by Crippen LogP contribution is -2.21. The smallest absolute Gasteiger partial charge is 0.342 e. The number of carbonyl (C=O) groups is 3. The maximum absolute atomic E-state index is 12.9. The molecule has 2 aromatic heterocycles. The van der Waals surface area contributed by atoms with Gasteiger partial charge >= 0.3 is 5.97 Å². The SMILES string of the molecule is COC(=O)c1c(-c2cccnc2)oc2c1C(=O)c1ccccc1C2=O. The first-order chi connectivity index (χ1) is 12.1. The van der Waals surface area contributed by atoms with Crippen molar-refractivity contribution in [1.29, 1.82) is 0 Å². The van der Waals surface area contributed by atoms with Crippen molar-refractivity contribution in [1.82, 2.24) is 4.98 Å². The molecule has 3 aromatic rings. The van der Waals surface area contributed by atoms with Crippen LogP contribution in [0.1, 0.15) is 42.4 Å². The van der Waals surface area contributed by atoms with Crippen molar-refractivity contribution < 1.29 is 23.5 Å². The first kappa shape index (κ1) is 15.0. The number of carbonyl (C=O) groups excluding carboxylic acids is 3. The molecule has 0 radical (unpaired) electrons. The second kappa shape index (κ2) is 5.52. The number of ketones is 2. The van der Waals surface area contributed by atoms with E-state index in [-0.39, 0.29) is 33.8 Å². The summed E-state index contributed by atoms with van der Waals surface area (Å²) in [5.41, 5.74) is 0.848. The highest BCUT2D eigenvalue weighted by Crippen LogP contribution is 2.37. The molecule has 0 spiro atoms. The fraction of sp³-hybridized carbons (Fsp3) is 0.0526. The van der Waals surface area contributed by atoms with Crippen LogP contribution >= 0.6 is 0 Å². The van der Waals surface area contributed by atoms with E-state index in [1.165, 1.54) is 13.3 Å². The van der Waals surface area contributed by atoms with Gasteiger partial charge in [-0.15, -0.1) is 0 Å². The molecule has 0 saturated heterocycles. The Bertz CT molecular complexity index is 1030. The van der Waals surface area contributed by atoms with Gasteiger partial charge in [-0.25, -0.2) is 4.79 Å². The van der Waals surface area contributed by atoms with E-state index in [1.807, 2.05) is 0 Å². The van der Waals surface area contributed by atoms with E-state index in [9.17, 15) is 14.4 Å². The number of benzene rings is 1. The molecule has 1 aliphatic carbocycles. The molecule has 1 aliphatic rings. The molecule has 0 amide bonds. The van der Waals surface area contributed by atoms with E-state index in [0.29, 0.717) is 5.56 Å². The number of fused-ring (bicyclic) bond motifs is 2. The topological polar surface area (TPSA) is 86.5 Å². The van der Waals surface area contributed by atoms with E-state index in [0.717, 1.165) is 0 Å². The quantitative estimate of drug-likeness (QED) is 0.524. The number of hydrogen-bond acceptors (Lipinski definition) is 6. The summed E-state index contributed by atoms with van der Waals surface area (Å²) in [6.07, 6.45) is 3.05. The Labute approximate surface area is 142 Å². The van der Waals surface area contributed by atoms with Gasteiger partial charge < -0.3 is 9.15 Å². The molecule has 0 aliphatic heterocycles. The third-order valence-electron chi connectivity index (χ3n) is 4.07. The van der Waals surface area contributed by atoms with Gasteiger partial charge in [0.25, 0.3) is 0 Å². The zero-order valence-electron chi connectivity index (χ0n) is 13.1. The number of ether oxygens (including phenoxy) is 1. The van der Waals surface area contributed by atoms with Gasteiger partial charge in [0, 0.05) is 29.1 Å². The molecule has 6 nitrogen and oxygen atoms in total. The zero-order chi connectivity index (χ0) is 17.6.